The van der Waals surface area contributed by atoms with Crippen molar-refractivity contribution in [3.05, 3.63) is 35.3 Å². The van der Waals surface area contributed by atoms with Gasteiger partial charge in [-0.2, -0.15) is 0 Å². The summed E-state index contributed by atoms with van der Waals surface area (Å²) in [6, 6.07) is 4.68. The molecule has 2 nitrogen and oxygen atoms in total. The zero-order valence-corrected chi connectivity index (χ0v) is 9.64. The molecule has 0 unspecified atom stereocenters. The van der Waals surface area contributed by atoms with Gasteiger partial charge in [0.15, 0.2) is 0 Å². The molecule has 0 aliphatic heterocycles. The highest BCUT2D eigenvalue weighted by Gasteiger charge is 2.12. The van der Waals surface area contributed by atoms with E-state index in [4.69, 9.17) is 4.42 Å². The Hall–Kier alpha value is -1.35. The normalized spacial score (nSPS) is 11.2. The van der Waals surface area contributed by atoms with Crippen LogP contribution in [0.5, 0.6) is 0 Å². The Morgan fingerprint density at radius 1 is 1.31 bits per heavy atom. The lowest BCUT2D eigenvalue weighted by Crippen LogP contribution is -2.12. The van der Waals surface area contributed by atoms with Crippen molar-refractivity contribution in [1.82, 2.24) is 5.32 Å². The quantitative estimate of drug-likeness (QED) is 0.857. The lowest BCUT2D eigenvalue weighted by molar-refractivity contribution is 0.514. The van der Waals surface area contributed by atoms with E-state index < -0.39 is 0 Å². The Morgan fingerprint density at radius 3 is 2.81 bits per heavy atom. The van der Waals surface area contributed by atoms with E-state index in [9.17, 15) is 4.39 Å². The first kappa shape index (κ1) is 11.1. The maximum absolute atomic E-state index is 13.2. The van der Waals surface area contributed by atoms with Crippen molar-refractivity contribution in [1.29, 1.82) is 0 Å². The van der Waals surface area contributed by atoms with Crippen molar-refractivity contribution in [2.75, 3.05) is 6.54 Å². The molecule has 0 aliphatic carbocycles. The lowest BCUT2D eigenvalue weighted by atomic mass is 10.1. The molecule has 0 atom stereocenters. The molecule has 1 aromatic heterocycles. The molecule has 16 heavy (non-hydrogen) atoms. The fourth-order valence-electron chi connectivity index (χ4n) is 1.94. The van der Waals surface area contributed by atoms with Crippen LogP contribution < -0.4 is 5.32 Å². The number of hydrogen-bond acceptors (Lipinski definition) is 2. The minimum absolute atomic E-state index is 0.210. The van der Waals surface area contributed by atoms with Gasteiger partial charge in [0.2, 0.25) is 0 Å². The van der Waals surface area contributed by atoms with Gasteiger partial charge < -0.3 is 9.73 Å². The number of rotatable bonds is 4. The molecule has 3 heteroatoms. The van der Waals surface area contributed by atoms with Crippen LogP contribution in [0.1, 0.15) is 25.2 Å². The second kappa shape index (κ2) is 4.66. The van der Waals surface area contributed by atoms with Crippen LogP contribution in [0, 0.1) is 5.82 Å². The first-order valence-electron chi connectivity index (χ1n) is 5.66. The van der Waals surface area contributed by atoms with Crippen molar-refractivity contribution in [3.8, 4) is 0 Å². The molecule has 0 amide bonds. The standard InChI is InChI=1S/C13H16FNO/c1-3-10-11-7-9(14)5-6-12(11)16-13(10)8-15-4-2/h5-7,15H,3-4,8H2,1-2H3. The SMILES string of the molecule is CCNCc1oc2ccc(F)cc2c1CC. The van der Waals surface area contributed by atoms with E-state index in [0.29, 0.717) is 6.54 Å². The fraction of sp³-hybridized carbons (Fsp3) is 0.385. The zero-order chi connectivity index (χ0) is 11.5. The van der Waals surface area contributed by atoms with E-state index in [1.54, 1.807) is 12.1 Å². The number of furan rings is 1. The summed E-state index contributed by atoms with van der Waals surface area (Å²) in [5.41, 5.74) is 1.88. The molecule has 86 valence electrons. The van der Waals surface area contributed by atoms with Crippen molar-refractivity contribution < 1.29 is 8.81 Å². The molecule has 0 bridgehead atoms. The molecule has 2 aromatic rings. The highest BCUT2D eigenvalue weighted by atomic mass is 19.1. The van der Waals surface area contributed by atoms with E-state index in [1.165, 1.54) is 6.07 Å². The number of fused-ring (bicyclic) bond motifs is 1. The second-order valence-electron chi connectivity index (χ2n) is 3.78. The number of benzene rings is 1. The highest BCUT2D eigenvalue weighted by molar-refractivity contribution is 5.82. The second-order valence-corrected chi connectivity index (χ2v) is 3.78. The van der Waals surface area contributed by atoms with Crippen molar-refractivity contribution >= 4 is 11.0 Å². The summed E-state index contributed by atoms with van der Waals surface area (Å²) in [5.74, 6) is 0.711. The summed E-state index contributed by atoms with van der Waals surface area (Å²) in [4.78, 5) is 0. The van der Waals surface area contributed by atoms with Gasteiger partial charge in [-0.05, 0) is 31.2 Å². The molecule has 1 aromatic carbocycles. The van der Waals surface area contributed by atoms with Crippen molar-refractivity contribution in [2.45, 2.75) is 26.8 Å². The molecule has 0 fully saturated rings. The topological polar surface area (TPSA) is 25.2 Å². The van der Waals surface area contributed by atoms with Gasteiger partial charge in [-0.1, -0.05) is 13.8 Å². The summed E-state index contributed by atoms with van der Waals surface area (Å²) < 4.78 is 18.9. The van der Waals surface area contributed by atoms with Crippen LogP contribution in [0.15, 0.2) is 22.6 Å². The lowest BCUT2D eigenvalue weighted by Gasteiger charge is -2.00. The molecular formula is C13H16FNO. The largest absolute Gasteiger partial charge is 0.459 e. The number of aryl methyl sites for hydroxylation is 1. The predicted octanol–water partition coefficient (Wildman–Crippen LogP) is 3.24. The first-order chi connectivity index (χ1) is 7.76. The maximum Gasteiger partial charge on any atom is 0.134 e. The molecular weight excluding hydrogens is 205 g/mol. The Morgan fingerprint density at radius 2 is 2.12 bits per heavy atom. The third kappa shape index (κ3) is 1.95. The van der Waals surface area contributed by atoms with Crippen molar-refractivity contribution in [2.24, 2.45) is 0 Å². The van der Waals surface area contributed by atoms with Crippen LogP contribution in [0.4, 0.5) is 4.39 Å². The van der Waals surface area contributed by atoms with Crippen LogP contribution in [-0.4, -0.2) is 6.54 Å². The molecule has 2 rings (SSSR count). The Kier molecular flexibility index (Phi) is 3.25. The summed E-state index contributed by atoms with van der Waals surface area (Å²) in [6.07, 6.45) is 0.858. The van der Waals surface area contributed by atoms with Crippen LogP contribution in [0.25, 0.3) is 11.0 Å². The maximum atomic E-state index is 13.2. The van der Waals surface area contributed by atoms with Gasteiger partial charge >= 0.3 is 0 Å². The van der Waals surface area contributed by atoms with Gasteiger partial charge in [0.25, 0.3) is 0 Å². The minimum Gasteiger partial charge on any atom is -0.459 e. The number of halogens is 1. The van der Waals surface area contributed by atoms with E-state index in [1.807, 2.05) is 6.92 Å². The van der Waals surface area contributed by atoms with Crippen LogP contribution in [0.3, 0.4) is 0 Å². The summed E-state index contributed by atoms with van der Waals surface area (Å²) in [7, 11) is 0. The predicted molar refractivity (Wildman–Crippen MR) is 62.9 cm³/mol. The van der Waals surface area contributed by atoms with Gasteiger partial charge in [-0.15, -0.1) is 0 Å². The average molecular weight is 221 g/mol. The van der Waals surface area contributed by atoms with Crippen molar-refractivity contribution in [3.63, 3.8) is 0 Å². The van der Waals surface area contributed by atoms with Crippen LogP contribution in [0.2, 0.25) is 0 Å². The van der Waals surface area contributed by atoms with Gasteiger partial charge in [0, 0.05) is 10.9 Å². The van der Waals surface area contributed by atoms with Gasteiger partial charge in [0.1, 0.15) is 17.2 Å². The fourth-order valence-corrected chi connectivity index (χ4v) is 1.94. The summed E-state index contributed by atoms with van der Waals surface area (Å²) in [6.45, 7) is 5.71. The molecule has 1 heterocycles. The summed E-state index contributed by atoms with van der Waals surface area (Å²) in [5, 5.41) is 4.13. The van der Waals surface area contributed by atoms with Crippen LogP contribution in [-0.2, 0) is 13.0 Å². The Balaban J connectivity index is 2.49. The Bertz CT molecular complexity index is 490. The molecule has 0 radical (unpaired) electrons. The molecule has 0 saturated heterocycles. The third-order valence-corrected chi connectivity index (χ3v) is 2.73. The third-order valence-electron chi connectivity index (χ3n) is 2.73. The number of nitrogens with one attached hydrogen (secondary N) is 1. The van der Waals surface area contributed by atoms with E-state index in [-0.39, 0.29) is 5.82 Å². The zero-order valence-electron chi connectivity index (χ0n) is 9.64. The minimum atomic E-state index is -0.210. The summed E-state index contributed by atoms with van der Waals surface area (Å²) >= 11 is 0. The molecule has 0 aliphatic rings. The van der Waals surface area contributed by atoms with Gasteiger partial charge in [-0.25, -0.2) is 4.39 Å². The number of hydrogen-bond donors (Lipinski definition) is 1. The average Bonchev–Trinajstić information content (AvgIpc) is 2.63. The van der Waals surface area contributed by atoms with E-state index in [2.05, 4.69) is 12.2 Å². The highest BCUT2D eigenvalue weighted by Crippen LogP contribution is 2.27. The van der Waals surface area contributed by atoms with Crippen LogP contribution >= 0.6 is 0 Å². The monoisotopic (exact) mass is 221 g/mol. The van der Waals surface area contributed by atoms with E-state index in [0.717, 1.165) is 35.3 Å². The molecule has 0 spiro atoms. The van der Waals surface area contributed by atoms with Gasteiger partial charge in [-0.3, -0.25) is 0 Å². The van der Waals surface area contributed by atoms with E-state index >= 15 is 0 Å². The smallest absolute Gasteiger partial charge is 0.134 e. The molecule has 0 saturated carbocycles. The Labute approximate surface area is 94.4 Å². The van der Waals surface area contributed by atoms with Gasteiger partial charge in [0.05, 0.1) is 6.54 Å². The molecule has 1 N–H and O–H groups in total. The first-order valence-corrected chi connectivity index (χ1v) is 5.66.